The van der Waals surface area contributed by atoms with Crippen LogP contribution in [0.15, 0.2) is 30.9 Å². The first-order valence-corrected chi connectivity index (χ1v) is 16.5. The van der Waals surface area contributed by atoms with E-state index in [4.69, 9.17) is 14.2 Å². The van der Waals surface area contributed by atoms with Crippen LogP contribution in [0.5, 0.6) is 5.75 Å². The van der Waals surface area contributed by atoms with Crippen molar-refractivity contribution in [3.8, 4) is 5.75 Å². The standard InChI is InChI=1S/C35H43F3N4O7/c1-8-20-16-34(20,30(45)47-10-3)41-28(43)25-17-33(18-42(25)29(44)24(9-2)40-31(46)49-32(5,6)7)15-14-22-21-12-11-13-23(35(36,37)38)26(21)39-19(4)27(22)48-33/h8,11-13,20,24-25H,1,9-10,14-18H2,2-7H3,(H,40,46)(H,41,43)/t20-,24+,25+,33-,34?/m1/s1. The molecule has 1 spiro atoms. The average molecular weight is 689 g/mol. The number of rotatable bonds is 8. The summed E-state index contributed by atoms with van der Waals surface area (Å²) in [4.78, 5) is 59.6. The second-order valence-electron chi connectivity index (χ2n) is 14.0. The highest BCUT2D eigenvalue weighted by molar-refractivity contribution is 5.97. The third kappa shape index (κ3) is 6.91. The van der Waals surface area contributed by atoms with Crippen molar-refractivity contribution in [1.82, 2.24) is 20.5 Å². The molecule has 2 aromatic rings. The summed E-state index contributed by atoms with van der Waals surface area (Å²) in [6, 6.07) is 1.73. The number of aromatic nitrogens is 1. The van der Waals surface area contributed by atoms with Crippen LogP contribution in [0.3, 0.4) is 0 Å². The van der Waals surface area contributed by atoms with Crippen LogP contribution in [0.25, 0.3) is 10.9 Å². The summed E-state index contributed by atoms with van der Waals surface area (Å²) in [5, 5.41) is 5.77. The molecule has 1 saturated carbocycles. The molecule has 0 bridgehead atoms. The fourth-order valence-corrected chi connectivity index (χ4v) is 6.92. The van der Waals surface area contributed by atoms with Gasteiger partial charge in [-0.05, 0) is 66.4 Å². The Bertz CT molecular complexity index is 1690. The number of para-hydroxylation sites is 1. The van der Waals surface area contributed by atoms with Crippen molar-refractivity contribution in [1.29, 1.82) is 0 Å². The number of hydrogen-bond acceptors (Lipinski definition) is 8. The molecule has 49 heavy (non-hydrogen) atoms. The SMILES string of the molecule is C=C[C@@H]1CC1(NC(=O)[C@@H]1C[C@]2(CCc3c(c(C)nc4c(C(F)(F)F)cccc34)O2)CN1C(=O)[C@H](CC)NC(=O)OC(C)(C)C)C(=O)OCC. The lowest BCUT2D eigenvalue weighted by Gasteiger charge is -2.37. The Hall–Kier alpha value is -4.36. The lowest BCUT2D eigenvalue weighted by molar-refractivity contribution is -0.150. The van der Waals surface area contributed by atoms with Gasteiger partial charge in [-0.2, -0.15) is 13.2 Å². The van der Waals surface area contributed by atoms with E-state index < -0.39 is 64.4 Å². The van der Waals surface area contributed by atoms with Crippen molar-refractivity contribution in [2.24, 2.45) is 5.92 Å². The molecular formula is C35H43F3N4O7. The summed E-state index contributed by atoms with van der Waals surface area (Å²) in [6.45, 7) is 13.8. The molecule has 2 aliphatic heterocycles. The van der Waals surface area contributed by atoms with Gasteiger partial charge in [0, 0.05) is 23.3 Å². The number of ether oxygens (including phenoxy) is 3. The fourth-order valence-electron chi connectivity index (χ4n) is 6.92. The Balaban J connectivity index is 1.50. The lowest BCUT2D eigenvalue weighted by atomic mass is 9.86. The molecule has 14 heteroatoms. The summed E-state index contributed by atoms with van der Waals surface area (Å²) in [5.74, 6) is -1.82. The van der Waals surface area contributed by atoms with Gasteiger partial charge in [0.05, 0.1) is 29.9 Å². The maximum absolute atomic E-state index is 14.2. The van der Waals surface area contributed by atoms with Crippen molar-refractivity contribution in [2.45, 2.75) is 109 Å². The average Bonchev–Trinajstić information content (AvgIpc) is 3.61. The Labute approximate surface area is 282 Å². The molecular weight excluding hydrogens is 645 g/mol. The van der Waals surface area contributed by atoms with E-state index in [-0.39, 0.29) is 56.0 Å². The number of nitrogens with one attached hydrogen (secondary N) is 2. The van der Waals surface area contributed by atoms with E-state index in [9.17, 15) is 32.3 Å². The maximum atomic E-state index is 14.2. The van der Waals surface area contributed by atoms with Crippen LogP contribution in [0.4, 0.5) is 18.0 Å². The Kier molecular flexibility index (Phi) is 9.41. The van der Waals surface area contributed by atoms with Gasteiger partial charge in [0.2, 0.25) is 11.8 Å². The van der Waals surface area contributed by atoms with E-state index in [1.807, 2.05) is 0 Å². The second-order valence-corrected chi connectivity index (χ2v) is 14.0. The van der Waals surface area contributed by atoms with Gasteiger partial charge in [-0.25, -0.2) is 14.6 Å². The zero-order valence-corrected chi connectivity index (χ0v) is 28.6. The first kappa shape index (κ1) is 35.9. The van der Waals surface area contributed by atoms with Crippen molar-refractivity contribution >= 4 is 34.8 Å². The number of pyridine rings is 1. The number of benzene rings is 1. The minimum absolute atomic E-state index is 0.0185. The molecule has 1 saturated heterocycles. The maximum Gasteiger partial charge on any atom is 0.418 e. The zero-order chi connectivity index (χ0) is 36.1. The number of amides is 3. The number of halogens is 3. The third-order valence-corrected chi connectivity index (χ3v) is 9.37. The normalized spacial score (nSPS) is 25.2. The third-order valence-electron chi connectivity index (χ3n) is 9.37. The topological polar surface area (TPSA) is 136 Å². The van der Waals surface area contributed by atoms with Gasteiger partial charge in [0.1, 0.15) is 34.6 Å². The molecule has 1 unspecified atom stereocenters. The number of aryl methyl sites for hydroxylation is 2. The number of carbonyl (C=O) groups is 4. The summed E-state index contributed by atoms with van der Waals surface area (Å²) in [6.07, 6.45) is -2.78. The largest absolute Gasteiger partial charge is 0.483 e. The van der Waals surface area contributed by atoms with Crippen LogP contribution in [-0.2, 0) is 36.5 Å². The summed E-state index contributed by atoms with van der Waals surface area (Å²) >= 11 is 0. The van der Waals surface area contributed by atoms with Gasteiger partial charge in [0.15, 0.2) is 0 Å². The van der Waals surface area contributed by atoms with Gasteiger partial charge in [0.25, 0.3) is 0 Å². The van der Waals surface area contributed by atoms with Crippen LogP contribution in [0.2, 0.25) is 0 Å². The van der Waals surface area contributed by atoms with Crippen molar-refractivity contribution in [3.05, 3.63) is 47.7 Å². The Morgan fingerprint density at radius 1 is 1.18 bits per heavy atom. The highest BCUT2D eigenvalue weighted by Gasteiger charge is 2.63. The number of fused-ring (bicyclic) bond motifs is 3. The number of hydrogen-bond donors (Lipinski definition) is 2. The first-order chi connectivity index (χ1) is 22.9. The number of alkyl carbamates (subject to hydrolysis) is 1. The number of likely N-dealkylation sites (tertiary alicyclic amines) is 1. The minimum Gasteiger partial charge on any atom is -0.483 e. The van der Waals surface area contributed by atoms with Crippen molar-refractivity contribution in [2.75, 3.05) is 13.2 Å². The highest BCUT2D eigenvalue weighted by atomic mass is 19.4. The molecule has 3 amide bonds. The van der Waals surface area contributed by atoms with Gasteiger partial charge in [-0.3, -0.25) is 9.59 Å². The molecule has 3 heterocycles. The molecule has 1 aromatic carbocycles. The molecule has 2 fully saturated rings. The van der Waals surface area contributed by atoms with Crippen LogP contribution in [0.1, 0.15) is 77.1 Å². The molecule has 2 N–H and O–H groups in total. The smallest absolute Gasteiger partial charge is 0.418 e. The summed E-state index contributed by atoms with van der Waals surface area (Å²) in [5.41, 5.74) is -3.47. The first-order valence-electron chi connectivity index (χ1n) is 16.5. The molecule has 1 aliphatic carbocycles. The van der Waals surface area contributed by atoms with Crippen LogP contribution < -0.4 is 15.4 Å². The van der Waals surface area contributed by atoms with Crippen LogP contribution >= 0.6 is 0 Å². The molecule has 11 nitrogen and oxygen atoms in total. The predicted octanol–water partition coefficient (Wildman–Crippen LogP) is 5.15. The molecule has 3 aliphatic rings. The lowest BCUT2D eigenvalue weighted by Crippen LogP contribution is -2.56. The fraction of sp³-hybridized carbons (Fsp3) is 0.571. The summed E-state index contributed by atoms with van der Waals surface area (Å²) < 4.78 is 58.8. The number of nitrogens with zero attached hydrogens (tertiary/aromatic N) is 2. The van der Waals surface area contributed by atoms with E-state index in [0.717, 1.165) is 6.07 Å². The van der Waals surface area contributed by atoms with Gasteiger partial charge >= 0.3 is 18.2 Å². The van der Waals surface area contributed by atoms with E-state index in [1.165, 1.54) is 11.0 Å². The van der Waals surface area contributed by atoms with Crippen LogP contribution in [0, 0.1) is 12.8 Å². The Morgan fingerprint density at radius 2 is 1.90 bits per heavy atom. The monoisotopic (exact) mass is 688 g/mol. The molecule has 0 radical (unpaired) electrons. The zero-order valence-electron chi connectivity index (χ0n) is 28.6. The summed E-state index contributed by atoms with van der Waals surface area (Å²) in [7, 11) is 0. The quantitative estimate of drug-likeness (QED) is 0.287. The second kappa shape index (κ2) is 12.8. The van der Waals surface area contributed by atoms with Crippen LogP contribution in [-0.4, -0.2) is 75.7 Å². The van der Waals surface area contributed by atoms with Crippen molar-refractivity contribution < 1.29 is 46.6 Å². The van der Waals surface area contributed by atoms with Gasteiger partial charge < -0.3 is 29.7 Å². The predicted molar refractivity (Wildman–Crippen MR) is 173 cm³/mol. The van der Waals surface area contributed by atoms with E-state index in [1.54, 1.807) is 53.7 Å². The minimum atomic E-state index is -4.60. The number of carbonyl (C=O) groups excluding carboxylic acids is 4. The van der Waals surface area contributed by atoms with Crippen molar-refractivity contribution in [3.63, 3.8) is 0 Å². The van der Waals surface area contributed by atoms with Gasteiger partial charge in [-0.15, -0.1) is 6.58 Å². The van der Waals surface area contributed by atoms with E-state index in [0.29, 0.717) is 23.1 Å². The number of alkyl halides is 3. The molecule has 5 rings (SSSR count). The van der Waals surface area contributed by atoms with E-state index >= 15 is 0 Å². The van der Waals surface area contributed by atoms with E-state index in [2.05, 4.69) is 22.2 Å². The molecule has 1 aromatic heterocycles. The molecule has 266 valence electrons. The number of esters is 1. The molecule has 5 atom stereocenters. The van der Waals surface area contributed by atoms with Gasteiger partial charge in [-0.1, -0.05) is 25.1 Å². The highest BCUT2D eigenvalue weighted by Crippen LogP contribution is 2.48. The Morgan fingerprint density at radius 3 is 2.49 bits per heavy atom.